The van der Waals surface area contributed by atoms with E-state index in [-0.39, 0.29) is 107 Å². The average molecular weight is 1980 g/mol. The van der Waals surface area contributed by atoms with Gasteiger partial charge in [0.25, 0.3) is 0 Å². The van der Waals surface area contributed by atoms with Crippen molar-refractivity contribution in [2.24, 2.45) is 0 Å². The number of hydrogen-bond donors (Lipinski definition) is 28. The lowest BCUT2D eigenvalue weighted by Crippen LogP contribution is -2.54. The molecule has 16 aromatic rings. The molecule has 0 atom stereocenters. The quantitative estimate of drug-likeness (QED) is 0.0289. The predicted octanol–water partition coefficient (Wildman–Crippen LogP) is 18.4. The Morgan fingerprint density at radius 3 is 0.782 bits per heavy atom. The van der Waals surface area contributed by atoms with Crippen LogP contribution in [0.1, 0.15) is 58.4 Å². The fourth-order valence-electron chi connectivity index (χ4n) is 14.9. The number of anilines is 14. The van der Waals surface area contributed by atoms with E-state index in [0.29, 0.717) is 93.4 Å². The number of nitrogens with two attached hydrogens (primary N) is 14. The maximum absolute atomic E-state index is 13.8. The number of benzene rings is 16. The van der Waals surface area contributed by atoms with Crippen LogP contribution in [0.25, 0.3) is 22.3 Å². The van der Waals surface area contributed by atoms with Crippen LogP contribution in [0.2, 0.25) is 0 Å². The fourth-order valence-corrected chi connectivity index (χ4v) is 17.1. The number of rotatable bonds is 13. The summed E-state index contributed by atoms with van der Waals surface area (Å²) in [6.45, 7) is 4.06. The Bertz CT molecular complexity index is 6990. The molecule has 736 valence electrons. The Kier molecular flexibility index (Phi) is 30.8. The highest BCUT2D eigenvalue weighted by Crippen LogP contribution is 2.60. The van der Waals surface area contributed by atoms with Crippen molar-refractivity contribution < 1.29 is 111 Å². The third-order valence-electron chi connectivity index (χ3n) is 22.6. The van der Waals surface area contributed by atoms with E-state index in [2.05, 4.69) is 24.3 Å². The molecule has 0 spiro atoms. The predicted molar refractivity (Wildman–Crippen MR) is 540 cm³/mol. The van der Waals surface area contributed by atoms with Gasteiger partial charge >= 0.3 is 12.4 Å². The van der Waals surface area contributed by atoms with Gasteiger partial charge in [-0.05, 0) is 261 Å². The molecule has 0 saturated heterocycles. The molecule has 0 radical (unpaired) electrons. The van der Waals surface area contributed by atoms with Crippen LogP contribution in [0.15, 0.2) is 323 Å². The SMILES string of the molecule is CC(C)(c1ccc(O)c(N)c1)c1ccc(O)c(N)c1.Nc1cc(-c2ccc(O)c(N)c2)ccc1O.Nc1cc(C(c2ccc(O)c(N)c2)(C(F)(F)F)C(F)(F)F)ccc1O.Nc1cc(C2(c3ccc(O)c(N)c3)c3ccccc3-c3ccccc32)ccc1O.Nc1cc(Oc2ccc(O)c(N)c2)ccc1O.Nc1cc(S(=O)(=O)c2ccc(O)c(N)c2)ccc1O.Nc1cc(Sc2ccc(O)c(N)c2)ccc1O. The van der Waals surface area contributed by atoms with Crippen LogP contribution in [0.5, 0.6) is 92.0 Å². The number of alkyl halides is 6. The molecule has 0 amide bonds. The van der Waals surface area contributed by atoms with Gasteiger partial charge in [-0.2, -0.15) is 26.3 Å². The molecule has 17 rings (SSSR count). The van der Waals surface area contributed by atoms with E-state index in [1.54, 1.807) is 109 Å². The van der Waals surface area contributed by atoms with Crippen molar-refractivity contribution in [1.82, 2.24) is 0 Å². The monoisotopic (exact) mass is 1980 g/mol. The number of phenols is 14. The van der Waals surface area contributed by atoms with Gasteiger partial charge < -0.3 is 156 Å². The number of nitrogen functional groups attached to an aromatic ring is 14. The van der Waals surface area contributed by atoms with Crippen LogP contribution in [0.3, 0.4) is 0 Å². The summed E-state index contributed by atoms with van der Waals surface area (Å²) in [4.78, 5) is 1.66. The summed E-state index contributed by atoms with van der Waals surface area (Å²) in [5.41, 5.74) is 82.4. The largest absolute Gasteiger partial charge is 0.506 e. The second-order valence-electron chi connectivity index (χ2n) is 32.4. The Morgan fingerprint density at radius 2 is 0.500 bits per heavy atom. The molecule has 0 bridgehead atoms. The molecule has 0 saturated carbocycles. The lowest BCUT2D eigenvalue weighted by atomic mass is 9.67. The van der Waals surface area contributed by atoms with E-state index < -0.39 is 67.0 Å². The first kappa shape index (κ1) is 104. The van der Waals surface area contributed by atoms with Gasteiger partial charge in [-0.3, -0.25) is 0 Å². The second-order valence-corrected chi connectivity index (χ2v) is 35.5. The zero-order chi connectivity index (χ0) is 104. The Morgan fingerprint density at radius 1 is 0.261 bits per heavy atom. The first-order valence-corrected chi connectivity index (χ1v) is 44.2. The molecule has 42 N–H and O–H groups in total. The standard InChI is InChI=1S/C25H20N2O2.C15H12F6N2O2.C15H18N2O2.C12H12N2O4S.C12H12N2O3.C12H12N2O2S.C12H12N2O2/c26-21-13-15(9-11-23(21)28)25(16-10-12-24(29)22(27)14-16)19-7-3-1-5-17(19)18-6-2-4-8-20(18)25;16-14(17,18)13(15(19,20)21,7-1-3-11(24)9(22)5-7)8-2-4-12(25)10(23)6-8;1-15(2,9-3-5-13(18)11(16)7-9)10-4-6-14(19)12(17)8-10;13-9-5-7(1-3-11(9)15)19(17,18)8-2-4-12(16)10(14)6-8;2*13-9-5-7(1-3-11(9)15)17-8-2-4-12(16)10(14)6-8;13-9-5-7(1-3-11(9)15)8-2-4-12(16)10(14)6-8/h1-14,28-29H,26-27H2;1-6,24-25H,22-23H2;3-8,18-19H,16-17H2,1-2H3;1-6,15-16H,13-14H2;2*1-6,15-16H,13-14H2;1-6,15-16H,13-14H2. The van der Waals surface area contributed by atoms with Crippen LogP contribution < -0.4 is 85.0 Å². The van der Waals surface area contributed by atoms with Crippen molar-refractivity contribution in [3.05, 3.63) is 348 Å². The molecule has 0 fully saturated rings. The van der Waals surface area contributed by atoms with Crippen molar-refractivity contribution in [2.75, 3.05) is 80.3 Å². The van der Waals surface area contributed by atoms with Crippen molar-refractivity contribution in [1.29, 1.82) is 0 Å². The fraction of sp³-hybridized carbons (Fsp3) is 0.0680. The van der Waals surface area contributed by atoms with Crippen LogP contribution in [-0.4, -0.2) is 92.3 Å². The lowest BCUT2D eigenvalue weighted by molar-refractivity contribution is -0.288. The molecule has 142 heavy (non-hydrogen) atoms. The van der Waals surface area contributed by atoms with Crippen molar-refractivity contribution in [2.45, 2.75) is 62.0 Å². The van der Waals surface area contributed by atoms with Gasteiger partial charge in [-0.1, -0.05) is 123 Å². The molecule has 39 heteroatoms. The zero-order valence-corrected chi connectivity index (χ0v) is 76.7. The number of halogens is 6. The number of ether oxygens (including phenoxy) is 1. The third-order valence-corrected chi connectivity index (χ3v) is 25.3. The van der Waals surface area contributed by atoms with E-state index in [0.717, 1.165) is 77.6 Å². The normalized spacial score (nSPS) is 11.7. The van der Waals surface area contributed by atoms with Crippen LogP contribution in [0, 0.1) is 0 Å². The summed E-state index contributed by atoms with van der Waals surface area (Å²) in [6, 6.07) is 76.6. The molecule has 31 nitrogen and oxygen atoms in total. The van der Waals surface area contributed by atoms with Gasteiger partial charge in [0.05, 0.1) is 94.8 Å². The van der Waals surface area contributed by atoms with Crippen LogP contribution >= 0.6 is 11.8 Å². The molecule has 1 aliphatic carbocycles. The summed E-state index contributed by atoms with van der Waals surface area (Å²) in [5.74, 6) is -0.254. The number of phenolic OH excluding ortho intramolecular Hbond substituents is 14. The van der Waals surface area contributed by atoms with Crippen molar-refractivity contribution >= 4 is 101 Å². The summed E-state index contributed by atoms with van der Waals surface area (Å²) < 4.78 is 113. The highest BCUT2D eigenvalue weighted by molar-refractivity contribution is 7.99. The molecule has 0 aromatic heterocycles. The second kappa shape index (κ2) is 42.1. The highest BCUT2D eigenvalue weighted by atomic mass is 32.2. The smallest absolute Gasteiger partial charge is 0.411 e. The third kappa shape index (κ3) is 22.6. The number of aromatic hydroxyl groups is 14. The van der Waals surface area contributed by atoms with Crippen molar-refractivity contribution in [3.63, 3.8) is 0 Å². The minimum absolute atomic E-state index is 0.00238. The number of fused-ring (bicyclic) bond motifs is 3. The summed E-state index contributed by atoms with van der Waals surface area (Å²) in [7, 11) is -3.80. The first-order chi connectivity index (χ1) is 66.7. The maximum Gasteiger partial charge on any atom is 0.411 e. The van der Waals surface area contributed by atoms with E-state index in [9.17, 15) is 106 Å². The number of sulfone groups is 1. The van der Waals surface area contributed by atoms with E-state index in [1.807, 2.05) is 74.5 Å². The lowest BCUT2D eigenvalue weighted by Gasteiger charge is -2.38. The molecular weight excluding hydrogens is 1880 g/mol. The van der Waals surface area contributed by atoms with Crippen LogP contribution in [0.4, 0.5) is 106 Å². The summed E-state index contributed by atoms with van der Waals surface area (Å²) >= 11 is 1.45. The molecule has 0 aliphatic heterocycles. The molecule has 0 heterocycles. The van der Waals surface area contributed by atoms with E-state index in [4.69, 9.17) is 85.0 Å². The number of hydrogen-bond acceptors (Lipinski definition) is 32. The van der Waals surface area contributed by atoms with E-state index in [1.165, 1.54) is 72.4 Å². The minimum Gasteiger partial charge on any atom is -0.506 e. The van der Waals surface area contributed by atoms with Gasteiger partial charge in [0.15, 0.2) is 0 Å². The molecule has 1 aliphatic rings. The summed E-state index contributed by atoms with van der Waals surface area (Å²) in [5, 5.41) is 132. The van der Waals surface area contributed by atoms with E-state index >= 15 is 0 Å². The molecular formula is C103H98F6N14O17S2. The molecule has 16 aromatic carbocycles. The topological polar surface area (TPSA) is 691 Å². The average Bonchev–Trinajstić information content (AvgIpc) is 1.57. The molecule has 0 unspecified atom stereocenters. The summed E-state index contributed by atoms with van der Waals surface area (Å²) in [6.07, 6.45) is -11.6. The highest BCUT2D eigenvalue weighted by Gasteiger charge is 2.73. The van der Waals surface area contributed by atoms with Gasteiger partial charge in [-0.15, -0.1) is 0 Å². The first-order valence-electron chi connectivity index (χ1n) is 41.9. The Hall–Kier alpha value is -18.4. The van der Waals surface area contributed by atoms with Gasteiger partial charge in [-0.25, -0.2) is 8.42 Å². The Balaban J connectivity index is 0.000000160. The van der Waals surface area contributed by atoms with Gasteiger partial charge in [0.2, 0.25) is 15.3 Å². The zero-order valence-electron chi connectivity index (χ0n) is 75.0. The maximum atomic E-state index is 13.8. The van der Waals surface area contributed by atoms with Crippen LogP contribution in [-0.2, 0) is 26.1 Å². The van der Waals surface area contributed by atoms with Gasteiger partial charge in [0, 0.05) is 27.3 Å². The van der Waals surface area contributed by atoms with Gasteiger partial charge in [0.1, 0.15) is 92.0 Å². The minimum atomic E-state index is -5.82. The van der Waals surface area contributed by atoms with Crippen molar-refractivity contribution in [3.8, 4) is 114 Å². The Labute approximate surface area is 812 Å².